The number of piperidine rings is 1. The van der Waals surface area contributed by atoms with Crippen molar-refractivity contribution in [3.63, 3.8) is 0 Å². The van der Waals surface area contributed by atoms with Gasteiger partial charge in [-0.2, -0.15) is 5.06 Å². The van der Waals surface area contributed by atoms with Gasteiger partial charge in [0.15, 0.2) is 11.5 Å². The minimum atomic E-state index is -3.77. The van der Waals surface area contributed by atoms with Gasteiger partial charge < -0.3 is 14.2 Å². The molecule has 0 saturated carbocycles. The number of carbonyl (C=O) groups excluding carboxylic acids is 1. The van der Waals surface area contributed by atoms with Crippen molar-refractivity contribution >= 4 is 16.0 Å². The zero-order chi connectivity index (χ0) is 25.7. The van der Waals surface area contributed by atoms with Crippen LogP contribution < -0.4 is 9.47 Å². The molecule has 2 fully saturated rings. The third-order valence-corrected chi connectivity index (χ3v) is 8.91. The molecule has 2 aromatic rings. The lowest BCUT2D eigenvalue weighted by atomic mass is 10.0. The first kappa shape index (κ1) is 26.4. The van der Waals surface area contributed by atoms with Gasteiger partial charge in [0.25, 0.3) is 0 Å². The number of nitrogens with zero attached hydrogens (tertiary/aromatic N) is 2. The maximum Gasteiger partial charge on any atom is 0.310 e. The summed E-state index contributed by atoms with van der Waals surface area (Å²) in [5.74, 6) is 0.287. The molecule has 9 nitrogen and oxygen atoms in total. The Balaban J connectivity index is 1.57. The van der Waals surface area contributed by atoms with Crippen molar-refractivity contribution in [1.82, 2.24) is 9.37 Å². The normalized spacial score (nSPS) is 23.4. The molecular weight excluding hydrogens is 484 g/mol. The highest BCUT2D eigenvalue weighted by atomic mass is 32.2. The summed E-state index contributed by atoms with van der Waals surface area (Å²) in [5.41, 5.74) is 1.75. The molecule has 2 heterocycles. The molecule has 0 bridgehead atoms. The average Bonchev–Trinajstić information content (AvgIpc) is 3.30. The Morgan fingerprint density at radius 3 is 2.64 bits per heavy atom. The third-order valence-electron chi connectivity index (χ3n) is 6.70. The topological polar surface area (TPSA) is 94.6 Å². The van der Waals surface area contributed by atoms with Crippen molar-refractivity contribution in [2.75, 3.05) is 40.5 Å². The molecule has 2 aliphatic heterocycles. The minimum absolute atomic E-state index is 0.0241. The summed E-state index contributed by atoms with van der Waals surface area (Å²) in [5, 5.41) is 0.747. The number of benzene rings is 2. The number of hydrogen-bond acceptors (Lipinski definition) is 8. The number of hydroxylamine groups is 2. The molecule has 0 aromatic heterocycles. The van der Waals surface area contributed by atoms with Crippen LogP contribution in [0.15, 0.2) is 48.5 Å². The molecule has 2 saturated heterocycles. The Morgan fingerprint density at radius 2 is 1.92 bits per heavy atom. The van der Waals surface area contributed by atoms with E-state index in [9.17, 15) is 13.2 Å². The maximum absolute atomic E-state index is 13.8. The Labute approximate surface area is 212 Å². The van der Waals surface area contributed by atoms with Gasteiger partial charge in [-0.05, 0) is 43.0 Å². The number of hydrogen-bond donors (Lipinski definition) is 0. The summed E-state index contributed by atoms with van der Waals surface area (Å²) >= 11 is 0. The molecule has 3 atom stereocenters. The van der Waals surface area contributed by atoms with Crippen LogP contribution in [0, 0.1) is 5.92 Å². The van der Waals surface area contributed by atoms with Crippen LogP contribution in [0.3, 0.4) is 0 Å². The number of methoxy groups -OCH3 is 1. The van der Waals surface area contributed by atoms with Crippen molar-refractivity contribution in [2.45, 2.75) is 37.7 Å². The van der Waals surface area contributed by atoms with Gasteiger partial charge in [-0.1, -0.05) is 36.4 Å². The number of carbonyl (C=O) groups is 1. The number of esters is 1. The third kappa shape index (κ3) is 5.67. The second-order valence-corrected chi connectivity index (χ2v) is 11.2. The summed E-state index contributed by atoms with van der Waals surface area (Å²) < 4.78 is 45.7. The molecule has 0 radical (unpaired) electrons. The van der Waals surface area contributed by atoms with Crippen LogP contribution in [-0.4, -0.2) is 69.5 Å². The lowest BCUT2D eigenvalue weighted by Crippen LogP contribution is -2.48. The van der Waals surface area contributed by atoms with Crippen LogP contribution in [0.25, 0.3) is 0 Å². The van der Waals surface area contributed by atoms with Gasteiger partial charge in [-0.3, -0.25) is 9.63 Å². The van der Waals surface area contributed by atoms with E-state index in [-0.39, 0.29) is 25.7 Å². The lowest BCUT2D eigenvalue weighted by molar-refractivity contribution is -0.149. The van der Waals surface area contributed by atoms with Crippen molar-refractivity contribution in [3.05, 3.63) is 59.7 Å². The minimum Gasteiger partial charge on any atom is -0.493 e. The Hall–Kier alpha value is -2.66. The van der Waals surface area contributed by atoms with Crippen LogP contribution in [-0.2, 0) is 31.0 Å². The molecule has 0 aliphatic carbocycles. The number of sulfonamides is 1. The number of ether oxygens (including phenoxy) is 3. The van der Waals surface area contributed by atoms with Gasteiger partial charge in [0.1, 0.15) is 11.9 Å². The Bertz CT molecular complexity index is 1140. The van der Waals surface area contributed by atoms with Crippen LogP contribution in [0.1, 0.15) is 36.9 Å². The summed E-state index contributed by atoms with van der Waals surface area (Å²) in [6, 6.07) is 14.7. The van der Waals surface area contributed by atoms with E-state index in [0.717, 1.165) is 11.1 Å². The fourth-order valence-electron chi connectivity index (χ4n) is 4.81. The zero-order valence-corrected chi connectivity index (χ0v) is 21.8. The summed E-state index contributed by atoms with van der Waals surface area (Å²) in [6.07, 6.45) is 1.23. The molecule has 4 rings (SSSR count). The fraction of sp³-hybridized carbons (Fsp3) is 0.500. The monoisotopic (exact) mass is 518 g/mol. The molecule has 196 valence electrons. The van der Waals surface area contributed by atoms with Crippen molar-refractivity contribution in [1.29, 1.82) is 0 Å². The van der Waals surface area contributed by atoms with Crippen molar-refractivity contribution in [2.24, 2.45) is 5.92 Å². The molecular formula is C26H34N2O7S. The summed E-state index contributed by atoms with van der Waals surface area (Å²) in [4.78, 5) is 18.0. The highest BCUT2D eigenvalue weighted by Gasteiger charge is 2.47. The van der Waals surface area contributed by atoms with Gasteiger partial charge in [-0.15, -0.1) is 0 Å². The second-order valence-electron chi connectivity index (χ2n) is 9.00. The summed E-state index contributed by atoms with van der Waals surface area (Å²) in [6.45, 7) is 2.90. The Kier molecular flexibility index (Phi) is 8.50. The first-order valence-corrected chi connectivity index (χ1v) is 13.7. The zero-order valence-electron chi connectivity index (χ0n) is 21.0. The van der Waals surface area contributed by atoms with Crippen LogP contribution >= 0.6 is 0 Å². The van der Waals surface area contributed by atoms with Gasteiger partial charge in [-0.25, -0.2) is 12.7 Å². The molecule has 0 spiro atoms. The highest BCUT2D eigenvalue weighted by molar-refractivity contribution is 7.89. The molecule has 0 unspecified atom stereocenters. The molecule has 0 amide bonds. The number of rotatable bonds is 9. The van der Waals surface area contributed by atoms with Gasteiger partial charge in [0.05, 0.1) is 32.3 Å². The van der Waals surface area contributed by atoms with Gasteiger partial charge in [0.2, 0.25) is 10.0 Å². The maximum atomic E-state index is 13.8. The van der Waals surface area contributed by atoms with E-state index < -0.39 is 27.2 Å². The second kappa shape index (κ2) is 11.6. The van der Waals surface area contributed by atoms with Gasteiger partial charge in [0, 0.05) is 20.1 Å². The van der Waals surface area contributed by atoms with Crippen LogP contribution in [0.2, 0.25) is 0 Å². The van der Waals surface area contributed by atoms with Crippen molar-refractivity contribution in [3.8, 4) is 11.5 Å². The fourth-order valence-corrected chi connectivity index (χ4v) is 6.85. The predicted molar refractivity (Wildman–Crippen MR) is 134 cm³/mol. The van der Waals surface area contributed by atoms with E-state index in [1.807, 2.05) is 42.5 Å². The average molecular weight is 519 g/mol. The molecule has 10 heteroatoms. The van der Waals surface area contributed by atoms with E-state index >= 15 is 0 Å². The molecule has 36 heavy (non-hydrogen) atoms. The SMILES string of the molecule is CCOC(=O)[C@@H]1CCCN(S(=O)(=O)[C@@H]2CON(C)[C@H]2c2ccc(OC)c(OCc3ccccc3)c2)C1. The first-order chi connectivity index (χ1) is 17.3. The van der Waals surface area contributed by atoms with E-state index in [4.69, 9.17) is 19.0 Å². The molecule has 2 aliphatic rings. The van der Waals surface area contributed by atoms with Crippen molar-refractivity contribution < 1.29 is 32.3 Å². The lowest BCUT2D eigenvalue weighted by Gasteiger charge is -2.34. The molecule has 0 N–H and O–H groups in total. The standard InChI is InChI=1S/C26H34N2O7S/c1-4-33-26(29)21-11-8-14-28(16-21)36(30,31)24-18-35-27(2)25(24)20-12-13-22(32-3)23(15-20)34-17-19-9-6-5-7-10-19/h5-7,9-10,12-13,15,21,24-25H,4,8,11,14,16-18H2,1-3H3/t21-,24-,25+/m1/s1. The highest BCUT2D eigenvalue weighted by Crippen LogP contribution is 2.39. The quantitative estimate of drug-likeness (QED) is 0.468. The predicted octanol–water partition coefficient (Wildman–Crippen LogP) is 3.17. The largest absolute Gasteiger partial charge is 0.493 e. The van der Waals surface area contributed by atoms with Crippen LogP contribution in [0.5, 0.6) is 11.5 Å². The van der Waals surface area contributed by atoms with E-state index in [1.54, 1.807) is 32.2 Å². The van der Waals surface area contributed by atoms with E-state index in [1.165, 1.54) is 4.31 Å². The van der Waals surface area contributed by atoms with Gasteiger partial charge >= 0.3 is 5.97 Å². The first-order valence-electron chi connectivity index (χ1n) is 12.2. The molecule has 2 aromatic carbocycles. The van der Waals surface area contributed by atoms with E-state index in [2.05, 4.69) is 0 Å². The Morgan fingerprint density at radius 1 is 1.14 bits per heavy atom. The van der Waals surface area contributed by atoms with Crippen LogP contribution in [0.4, 0.5) is 0 Å². The van der Waals surface area contributed by atoms with E-state index in [0.29, 0.717) is 37.5 Å². The smallest absolute Gasteiger partial charge is 0.310 e. The summed E-state index contributed by atoms with van der Waals surface area (Å²) in [7, 11) is -0.473.